The molecule has 0 radical (unpaired) electrons. The lowest BCUT2D eigenvalue weighted by molar-refractivity contribution is 0.0931. The first-order chi connectivity index (χ1) is 7.54. The second kappa shape index (κ2) is 5.99. The second-order valence-corrected chi connectivity index (χ2v) is 4.55. The molecular formula is C12H15BrFNO. The van der Waals surface area contributed by atoms with Crippen LogP contribution in [0.1, 0.15) is 24.2 Å². The molecule has 0 aliphatic rings. The van der Waals surface area contributed by atoms with Gasteiger partial charge in [0.25, 0.3) is 5.91 Å². The lowest BCUT2D eigenvalue weighted by atomic mass is 10.1. The highest BCUT2D eigenvalue weighted by Crippen LogP contribution is 2.08. The summed E-state index contributed by atoms with van der Waals surface area (Å²) in [6.07, 6.45) is 0. The Hall–Kier alpha value is -0.900. The van der Waals surface area contributed by atoms with Crippen molar-refractivity contribution in [3.63, 3.8) is 0 Å². The van der Waals surface area contributed by atoms with Crippen molar-refractivity contribution in [3.05, 3.63) is 35.6 Å². The van der Waals surface area contributed by atoms with Crippen LogP contribution in [0.25, 0.3) is 0 Å². The number of rotatable bonds is 4. The third kappa shape index (κ3) is 3.59. The van der Waals surface area contributed by atoms with Crippen molar-refractivity contribution in [2.75, 3.05) is 5.33 Å². The fourth-order valence-corrected chi connectivity index (χ4v) is 1.73. The Bertz CT molecular complexity index is 353. The number of benzene rings is 1. The van der Waals surface area contributed by atoms with Crippen LogP contribution in [0.4, 0.5) is 4.39 Å². The lowest BCUT2D eigenvalue weighted by Gasteiger charge is -2.19. The number of alkyl halides is 1. The summed E-state index contributed by atoms with van der Waals surface area (Å²) in [6, 6.07) is 5.62. The van der Waals surface area contributed by atoms with E-state index in [9.17, 15) is 9.18 Å². The van der Waals surface area contributed by atoms with Crippen LogP contribution in [-0.2, 0) is 0 Å². The van der Waals surface area contributed by atoms with Crippen molar-refractivity contribution in [1.82, 2.24) is 5.32 Å². The van der Waals surface area contributed by atoms with Crippen LogP contribution in [0.3, 0.4) is 0 Å². The van der Waals surface area contributed by atoms with E-state index in [1.165, 1.54) is 24.3 Å². The summed E-state index contributed by atoms with van der Waals surface area (Å²) in [6.45, 7) is 4.00. The van der Waals surface area contributed by atoms with Crippen LogP contribution in [0.5, 0.6) is 0 Å². The van der Waals surface area contributed by atoms with E-state index in [1.54, 1.807) is 0 Å². The maximum atomic E-state index is 12.7. The molecule has 0 aromatic heterocycles. The van der Waals surface area contributed by atoms with Gasteiger partial charge in [0.15, 0.2) is 0 Å². The van der Waals surface area contributed by atoms with Gasteiger partial charge in [0.2, 0.25) is 0 Å². The molecule has 88 valence electrons. The summed E-state index contributed by atoms with van der Waals surface area (Å²) in [5.74, 6) is -0.150. The molecule has 4 heteroatoms. The highest BCUT2D eigenvalue weighted by atomic mass is 79.9. The average Bonchev–Trinajstić information content (AvgIpc) is 2.28. The van der Waals surface area contributed by atoms with E-state index < -0.39 is 0 Å². The van der Waals surface area contributed by atoms with Crippen LogP contribution in [0.15, 0.2) is 24.3 Å². The SMILES string of the molecule is CC(CBr)C(C)NC(=O)c1ccc(F)cc1. The topological polar surface area (TPSA) is 29.1 Å². The zero-order valence-electron chi connectivity index (χ0n) is 9.34. The minimum atomic E-state index is -0.335. The van der Waals surface area contributed by atoms with Crippen molar-refractivity contribution in [2.45, 2.75) is 19.9 Å². The van der Waals surface area contributed by atoms with Crippen LogP contribution < -0.4 is 5.32 Å². The van der Waals surface area contributed by atoms with Crippen LogP contribution in [-0.4, -0.2) is 17.3 Å². The largest absolute Gasteiger partial charge is 0.349 e. The van der Waals surface area contributed by atoms with Gasteiger partial charge < -0.3 is 5.32 Å². The predicted molar refractivity (Wildman–Crippen MR) is 66.3 cm³/mol. The summed E-state index contributed by atoms with van der Waals surface area (Å²) in [4.78, 5) is 11.7. The minimum absolute atomic E-state index is 0.0805. The monoisotopic (exact) mass is 287 g/mol. The molecule has 0 saturated heterocycles. The summed E-state index contributed by atoms with van der Waals surface area (Å²) in [5.41, 5.74) is 0.482. The van der Waals surface area contributed by atoms with Crippen LogP contribution in [0, 0.1) is 11.7 Å². The maximum Gasteiger partial charge on any atom is 0.251 e. The van der Waals surface area contributed by atoms with E-state index in [0.717, 1.165) is 5.33 Å². The van der Waals surface area contributed by atoms with E-state index in [1.807, 2.05) is 13.8 Å². The van der Waals surface area contributed by atoms with Gasteiger partial charge in [-0.05, 0) is 37.1 Å². The van der Waals surface area contributed by atoms with Crippen LogP contribution in [0.2, 0.25) is 0 Å². The number of carbonyl (C=O) groups is 1. The smallest absolute Gasteiger partial charge is 0.251 e. The summed E-state index contributed by atoms with van der Waals surface area (Å²) < 4.78 is 12.7. The van der Waals surface area contributed by atoms with Gasteiger partial charge >= 0.3 is 0 Å². The summed E-state index contributed by atoms with van der Waals surface area (Å²) in [7, 11) is 0. The molecule has 0 fully saturated rings. The second-order valence-electron chi connectivity index (χ2n) is 3.90. The van der Waals surface area contributed by atoms with Gasteiger partial charge in [-0.3, -0.25) is 4.79 Å². The van der Waals surface area contributed by atoms with Gasteiger partial charge in [-0.1, -0.05) is 22.9 Å². The number of nitrogens with one attached hydrogen (secondary N) is 1. The third-order valence-corrected chi connectivity index (χ3v) is 3.58. The van der Waals surface area contributed by atoms with Gasteiger partial charge in [-0.2, -0.15) is 0 Å². The fraction of sp³-hybridized carbons (Fsp3) is 0.417. The Balaban J connectivity index is 2.62. The predicted octanol–water partition coefficient (Wildman–Crippen LogP) is 2.98. The number of halogens is 2. The normalized spacial score (nSPS) is 14.2. The van der Waals surface area contributed by atoms with Crippen molar-refractivity contribution in [3.8, 4) is 0 Å². The Kier molecular flexibility index (Phi) is 4.93. The zero-order valence-corrected chi connectivity index (χ0v) is 10.9. The fourth-order valence-electron chi connectivity index (χ4n) is 1.17. The molecule has 0 saturated carbocycles. The quantitative estimate of drug-likeness (QED) is 0.848. The number of hydrogen-bond donors (Lipinski definition) is 1. The first-order valence-electron chi connectivity index (χ1n) is 5.17. The van der Waals surface area contributed by atoms with E-state index in [2.05, 4.69) is 21.2 Å². The van der Waals surface area contributed by atoms with Crippen molar-refractivity contribution >= 4 is 21.8 Å². The first-order valence-corrected chi connectivity index (χ1v) is 6.29. The number of hydrogen-bond acceptors (Lipinski definition) is 1. The lowest BCUT2D eigenvalue weighted by Crippen LogP contribution is -2.37. The number of carbonyl (C=O) groups excluding carboxylic acids is 1. The number of amides is 1. The van der Waals surface area contributed by atoms with Crippen molar-refractivity contribution in [2.24, 2.45) is 5.92 Å². The Morgan fingerprint density at radius 1 is 1.38 bits per heavy atom. The highest BCUT2D eigenvalue weighted by molar-refractivity contribution is 9.09. The molecule has 1 aromatic carbocycles. The molecule has 1 N–H and O–H groups in total. The highest BCUT2D eigenvalue weighted by Gasteiger charge is 2.14. The average molecular weight is 288 g/mol. The van der Waals surface area contributed by atoms with E-state index in [0.29, 0.717) is 11.5 Å². The molecule has 1 aromatic rings. The third-order valence-electron chi connectivity index (χ3n) is 2.56. The first kappa shape index (κ1) is 13.2. The van der Waals surface area contributed by atoms with Gasteiger partial charge in [0, 0.05) is 16.9 Å². The van der Waals surface area contributed by atoms with Gasteiger partial charge in [0.1, 0.15) is 5.82 Å². The van der Waals surface area contributed by atoms with E-state index in [-0.39, 0.29) is 17.8 Å². The Morgan fingerprint density at radius 2 is 1.94 bits per heavy atom. The molecule has 2 atom stereocenters. The summed E-state index contributed by atoms with van der Waals surface area (Å²) >= 11 is 3.37. The van der Waals surface area contributed by atoms with Gasteiger partial charge in [0.05, 0.1) is 0 Å². The molecule has 0 aliphatic carbocycles. The molecule has 2 nitrogen and oxygen atoms in total. The van der Waals surface area contributed by atoms with Crippen LogP contribution >= 0.6 is 15.9 Å². The Morgan fingerprint density at radius 3 is 2.44 bits per heavy atom. The standard InChI is InChI=1S/C12H15BrFNO/c1-8(7-13)9(2)15-12(16)10-3-5-11(14)6-4-10/h3-6,8-9H,7H2,1-2H3,(H,15,16). The maximum absolute atomic E-state index is 12.7. The molecule has 1 rings (SSSR count). The molecule has 1 amide bonds. The molecule has 0 bridgehead atoms. The Labute approximate surface area is 103 Å². The molecular weight excluding hydrogens is 273 g/mol. The molecule has 2 unspecified atom stereocenters. The van der Waals surface area contributed by atoms with Gasteiger partial charge in [-0.15, -0.1) is 0 Å². The molecule has 16 heavy (non-hydrogen) atoms. The zero-order chi connectivity index (χ0) is 12.1. The van der Waals surface area contributed by atoms with E-state index in [4.69, 9.17) is 0 Å². The summed E-state index contributed by atoms with van der Waals surface area (Å²) in [5, 5.41) is 3.71. The molecule has 0 aliphatic heterocycles. The van der Waals surface area contributed by atoms with E-state index >= 15 is 0 Å². The van der Waals surface area contributed by atoms with Crippen molar-refractivity contribution in [1.29, 1.82) is 0 Å². The van der Waals surface area contributed by atoms with Crippen molar-refractivity contribution < 1.29 is 9.18 Å². The molecule has 0 heterocycles. The van der Waals surface area contributed by atoms with Gasteiger partial charge in [-0.25, -0.2) is 4.39 Å². The minimum Gasteiger partial charge on any atom is -0.349 e. The molecule has 0 spiro atoms.